The Morgan fingerprint density at radius 3 is 2.81 bits per heavy atom. The van der Waals surface area contributed by atoms with Crippen LogP contribution in [0.3, 0.4) is 0 Å². The molecule has 90 valence electrons. The topological polar surface area (TPSA) is 41.9 Å². The summed E-state index contributed by atoms with van der Waals surface area (Å²) in [5.74, 6) is 0. The molecule has 0 bridgehead atoms. The SMILES string of the molecule is CCCCNC(=S)NCc1cnn(C)c1C. The second-order valence-corrected chi connectivity index (χ2v) is 4.25. The molecular weight excluding hydrogens is 220 g/mol. The summed E-state index contributed by atoms with van der Waals surface area (Å²) in [5, 5.41) is 11.3. The van der Waals surface area contributed by atoms with Crippen molar-refractivity contribution in [2.75, 3.05) is 6.54 Å². The monoisotopic (exact) mass is 240 g/mol. The van der Waals surface area contributed by atoms with E-state index in [-0.39, 0.29) is 0 Å². The standard InChI is InChI=1S/C11H20N4S/c1-4-5-6-12-11(16)13-7-10-8-14-15(3)9(10)2/h8H,4-7H2,1-3H3,(H2,12,13,16). The van der Waals surface area contributed by atoms with Gasteiger partial charge in [0.1, 0.15) is 0 Å². The van der Waals surface area contributed by atoms with E-state index in [0.717, 1.165) is 24.6 Å². The van der Waals surface area contributed by atoms with Gasteiger partial charge in [-0.2, -0.15) is 5.10 Å². The van der Waals surface area contributed by atoms with Gasteiger partial charge in [0.15, 0.2) is 5.11 Å². The Morgan fingerprint density at radius 1 is 1.50 bits per heavy atom. The second-order valence-electron chi connectivity index (χ2n) is 3.84. The summed E-state index contributed by atoms with van der Waals surface area (Å²) in [6.07, 6.45) is 4.20. The van der Waals surface area contributed by atoms with Crippen LogP contribution < -0.4 is 10.6 Å². The number of thiocarbonyl (C=S) groups is 1. The predicted molar refractivity (Wildman–Crippen MR) is 70.3 cm³/mol. The van der Waals surface area contributed by atoms with Gasteiger partial charge < -0.3 is 10.6 Å². The summed E-state index contributed by atoms with van der Waals surface area (Å²) in [7, 11) is 1.94. The number of nitrogens with one attached hydrogen (secondary N) is 2. The van der Waals surface area contributed by atoms with Gasteiger partial charge in [-0.1, -0.05) is 13.3 Å². The smallest absolute Gasteiger partial charge is 0.166 e. The summed E-state index contributed by atoms with van der Waals surface area (Å²) in [5.41, 5.74) is 2.35. The van der Waals surface area contributed by atoms with Crippen LogP contribution in [0.1, 0.15) is 31.0 Å². The first kappa shape index (κ1) is 13.0. The van der Waals surface area contributed by atoms with E-state index in [0.29, 0.717) is 0 Å². The number of unbranched alkanes of at least 4 members (excludes halogenated alkanes) is 1. The summed E-state index contributed by atoms with van der Waals surface area (Å²) < 4.78 is 1.87. The van der Waals surface area contributed by atoms with Gasteiger partial charge in [0.05, 0.1) is 6.20 Å². The maximum Gasteiger partial charge on any atom is 0.166 e. The van der Waals surface area contributed by atoms with Crippen LogP contribution in [0.4, 0.5) is 0 Å². The summed E-state index contributed by atoms with van der Waals surface area (Å²) >= 11 is 5.17. The van der Waals surface area contributed by atoms with Crippen molar-refractivity contribution in [1.29, 1.82) is 0 Å². The van der Waals surface area contributed by atoms with Crippen molar-refractivity contribution in [3.05, 3.63) is 17.5 Å². The molecule has 0 fully saturated rings. The van der Waals surface area contributed by atoms with Crippen molar-refractivity contribution in [2.45, 2.75) is 33.2 Å². The van der Waals surface area contributed by atoms with E-state index in [9.17, 15) is 0 Å². The van der Waals surface area contributed by atoms with Crippen molar-refractivity contribution in [1.82, 2.24) is 20.4 Å². The van der Waals surface area contributed by atoms with Crippen LogP contribution in [-0.2, 0) is 13.6 Å². The van der Waals surface area contributed by atoms with E-state index in [2.05, 4.69) is 29.6 Å². The van der Waals surface area contributed by atoms with Gasteiger partial charge in [-0.3, -0.25) is 4.68 Å². The van der Waals surface area contributed by atoms with Crippen molar-refractivity contribution in [3.8, 4) is 0 Å². The highest BCUT2D eigenvalue weighted by Crippen LogP contribution is 2.04. The Kier molecular flexibility index (Phi) is 5.25. The molecule has 5 heteroatoms. The maximum absolute atomic E-state index is 5.17. The Morgan fingerprint density at radius 2 is 2.25 bits per heavy atom. The molecule has 0 saturated carbocycles. The lowest BCUT2D eigenvalue weighted by atomic mass is 10.2. The molecular formula is C11H20N4S. The third-order valence-corrected chi connectivity index (χ3v) is 2.88. The highest BCUT2D eigenvalue weighted by Gasteiger charge is 2.03. The summed E-state index contributed by atoms with van der Waals surface area (Å²) in [4.78, 5) is 0. The zero-order valence-electron chi connectivity index (χ0n) is 10.2. The lowest BCUT2D eigenvalue weighted by molar-refractivity contribution is 0.729. The van der Waals surface area contributed by atoms with E-state index in [1.807, 2.05) is 17.9 Å². The molecule has 1 aromatic rings. The van der Waals surface area contributed by atoms with Gasteiger partial charge in [0.2, 0.25) is 0 Å². The van der Waals surface area contributed by atoms with Crippen LogP contribution in [0.2, 0.25) is 0 Å². The largest absolute Gasteiger partial charge is 0.363 e. The van der Waals surface area contributed by atoms with E-state index >= 15 is 0 Å². The molecule has 2 N–H and O–H groups in total. The molecule has 0 spiro atoms. The van der Waals surface area contributed by atoms with Crippen LogP contribution in [0.5, 0.6) is 0 Å². The van der Waals surface area contributed by atoms with Gasteiger partial charge >= 0.3 is 0 Å². The third kappa shape index (κ3) is 3.81. The first-order valence-corrected chi connectivity index (χ1v) is 6.05. The first-order valence-electron chi connectivity index (χ1n) is 5.64. The minimum absolute atomic E-state index is 0.719. The fourth-order valence-corrected chi connectivity index (χ4v) is 1.51. The van der Waals surface area contributed by atoms with Crippen LogP contribution in [0, 0.1) is 6.92 Å². The Labute approximate surface area is 102 Å². The molecule has 16 heavy (non-hydrogen) atoms. The fraction of sp³-hybridized carbons (Fsp3) is 0.636. The number of rotatable bonds is 5. The van der Waals surface area contributed by atoms with Crippen molar-refractivity contribution < 1.29 is 0 Å². The lowest BCUT2D eigenvalue weighted by Gasteiger charge is -2.09. The van der Waals surface area contributed by atoms with Gasteiger partial charge in [-0.15, -0.1) is 0 Å². The van der Waals surface area contributed by atoms with Crippen molar-refractivity contribution >= 4 is 17.3 Å². The van der Waals surface area contributed by atoms with E-state index < -0.39 is 0 Å². The molecule has 0 aliphatic carbocycles. The molecule has 0 atom stereocenters. The lowest BCUT2D eigenvalue weighted by Crippen LogP contribution is -2.35. The average Bonchev–Trinajstić information content (AvgIpc) is 2.58. The average molecular weight is 240 g/mol. The van der Waals surface area contributed by atoms with Crippen LogP contribution in [0.15, 0.2) is 6.20 Å². The van der Waals surface area contributed by atoms with Gasteiger partial charge in [0, 0.05) is 31.4 Å². The maximum atomic E-state index is 5.17. The quantitative estimate of drug-likeness (QED) is 0.604. The molecule has 4 nitrogen and oxygen atoms in total. The Balaban J connectivity index is 2.29. The van der Waals surface area contributed by atoms with E-state index in [1.54, 1.807) is 0 Å². The Bertz CT molecular complexity index is 346. The molecule has 0 aliphatic heterocycles. The number of aromatic nitrogens is 2. The third-order valence-electron chi connectivity index (χ3n) is 2.59. The molecule has 0 radical (unpaired) electrons. The molecule has 0 amide bonds. The normalized spacial score (nSPS) is 10.2. The highest BCUT2D eigenvalue weighted by atomic mass is 32.1. The highest BCUT2D eigenvalue weighted by molar-refractivity contribution is 7.80. The molecule has 0 unspecified atom stereocenters. The minimum Gasteiger partial charge on any atom is -0.363 e. The van der Waals surface area contributed by atoms with Crippen molar-refractivity contribution in [2.24, 2.45) is 7.05 Å². The summed E-state index contributed by atoms with van der Waals surface area (Å²) in [6, 6.07) is 0. The van der Waals surface area contributed by atoms with Crippen LogP contribution >= 0.6 is 12.2 Å². The number of aryl methyl sites for hydroxylation is 1. The van der Waals surface area contributed by atoms with Gasteiger partial charge in [-0.25, -0.2) is 0 Å². The number of hydrogen-bond donors (Lipinski definition) is 2. The molecule has 1 heterocycles. The number of nitrogens with zero attached hydrogens (tertiary/aromatic N) is 2. The second kappa shape index (κ2) is 6.48. The Hall–Kier alpha value is -1.10. The minimum atomic E-state index is 0.719. The van der Waals surface area contributed by atoms with Crippen LogP contribution in [-0.4, -0.2) is 21.4 Å². The first-order chi connectivity index (χ1) is 7.65. The van der Waals surface area contributed by atoms with Crippen molar-refractivity contribution in [3.63, 3.8) is 0 Å². The zero-order chi connectivity index (χ0) is 12.0. The zero-order valence-corrected chi connectivity index (χ0v) is 11.0. The fourth-order valence-electron chi connectivity index (χ4n) is 1.33. The molecule has 0 aromatic carbocycles. The molecule has 1 aromatic heterocycles. The molecule has 0 aliphatic rings. The van der Waals surface area contributed by atoms with Gasteiger partial charge in [-0.05, 0) is 25.6 Å². The van der Waals surface area contributed by atoms with Gasteiger partial charge in [0.25, 0.3) is 0 Å². The summed E-state index contributed by atoms with van der Waals surface area (Å²) in [6.45, 7) is 5.89. The predicted octanol–water partition coefficient (Wildman–Crippen LogP) is 1.49. The van der Waals surface area contributed by atoms with E-state index in [4.69, 9.17) is 12.2 Å². The number of hydrogen-bond acceptors (Lipinski definition) is 2. The molecule has 1 rings (SSSR count). The van der Waals surface area contributed by atoms with E-state index in [1.165, 1.54) is 17.7 Å². The molecule has 0 saturated heterocycles. The van der Waals surface area contributed by atoms with Crippen LogP contribution in [0.25, 0.3) is 0 Å².